The highest BCUT2D eigenvalue weighted by Gasteiger charge is 2.66. The maximum Gasteiger partial charge on any atom is 0.238 e. The number of Topliss-reactive ketones (excluding diaryl/α,β-unsaturated/α-hetero) is 2. The van der Waals surface area contributed by atoms with Crippen molar-refractivity contribution in [2.75, 3.05) is 12.0 Å². The smallest absolute Gasteiger partial charge is 0.238 e. The van der Waals surface area contributed by atoms with Gasteiger partial charge in [-0.2, -0.15) is 0 Å². The van der Waals surface area contributed by atoms with Crippen molar-refractivity contribution >= 4 is 40.4 Å². The highest BCUT2D eigenvalue weighted by Crippen LogP contribution is 2.64. The number of hydrogen-bond acceptors (Lipinski definition) is 7. The minimum Gasteiger partial charge on any atom is -0.508 e. The molecule has 1 saturated carbocycles. The first-order valence-corrected chi connectivity index (χ1v) is 17.1. The number of hydrogen-bond donors (Lipinski definition) is 1. The zero-order valence-electron chi connectivity index (χ0n) is 28.1. The molecule has 2 fully saturated rings. The summed E-state index contributed by atoms with van der Waals surface area (Å²) in [5.41, 5.74) is 2.45. The molecule has 1 aliphatic heterocycles. The number of nitrogens with zero attached hydrogens (tertiary/aromatic N) is 1. The number of benzene rings is 4. The Balaban J connectivity index is 1.35. The van der Waals surface area contributed by atoms with Crippen LogP contribution in [0, 0.1) is 23.7 Å². The van der Waals surface area contributed by atoms with Crippen molar-refractivity contribution in [1.29, 1.82) is 0 Å². The molecule has 51 heavy (non-hydrogen) atoms. The monoisotopic (exact) mass is 677 g/mol. The van der Waals surface area contributed by atoms with Crippen LogP contribution in [-0.2, 0) is 24.6 Å². The molecule has 1 saturated heterocycles. The van der Waals surface area contributed by atoms with Crippen molar-refractivity contribution < 1.29 is 33.8 Å². The number of rotatable bonds is 6. The third kappa shape index (κ3) is 4.77. The Morgan fingerprint density at radius 2 is 1.53 bits per heavy atom. The topological polar surface area (TPSA) is 118 Å². The summed E-state index contributed by atoms with van der Waals surface area (Å²) < 4.78 is 5.85. The molecule has 8 rings (SSSR count). The van der Waals surface area contributed by atoms with Gasteiger partial charge in [0.25, 0.3) is 0 Å². The second-order valence-electron chi connectivity index (χ2n) is 13.8. The second kappa shape index (κ2) is 12.2. The Morgan fingerprint density at radius 1 is 0.843 bits per heavy atom. The van der Waals surface area contributed by atoms with Crippen molar-refractivity contribution in [2.45, 2.75) is 31.1 Å². The molecule has 254 valence electrons. The molecule has 1 heterocycles. The largest absolute Gasteiger partial charge is 0.508 e. The summed E-state index contributed by atoms with van der Waals surface area (Å²) in [5, 5.41) is 10.5. The van der Waals surface area contributed by atoms with Crippen molar-refractivity contribution in [2.24, 2.45) is 23.7 Å². The van der Waals surface area contributed by atoms with E-state index in [1.807, 2.05) is 66.7 Å². The Bertz CT molecular complexity index is 2190. The van der Waals surface area contributed by atoms with Gasteiger partial charge in [-0.25, -0.2) is 0 Å². The number of phenols is 1. The van der Waals surface area contributed by atoms with Gasteiger partial charge in [0, 0.05) is 34.6 Å². The molecule has 6 atom stereocenters. The van der Waals surface area contributed by atoms with Gasteiger partial charge < -0.3 is 9.84 Å². The molecule has 1 N–H and O–H groups in total. The molecule has 4 aliphatic rings. The van der Waals surface area contributed by atoms with Gasteiger partial charge in [0.05, 0.1) is 30.0 Å². The molecule has 0 radical (unpaired) electrons. The van der Waals surface area contributed by atoms with E-state index in [-0.39, 0.29) is 47.8 Å². The molecule has 2 amide bonds. The summed E-state index contributed by atoms with van der Waals surface area (Å²) in [7, 11) is 1.49. The minimum absolute atomic E-state index is 0.0220. The van der Waals surface area contributed by atoms with Gasteiger partial charge in [-0.1, -0.05) is 78.4 Å². The van der Waals surface area contributed by atoms with E-state index < -0.39 is 35.0 Å². The highest BCUT2D eigenvalue weighted by molar-refractivity contribution is 6.32. The van der Waals surface area contributed by atoms with Crippen LogP contribution in [-0.4, -0.2) is 41.4 Å². The number of carbonyl (C=O) groups is 5. The molecule has 3 aliphatic carbocycles. The van der Waals surface area contributed by atoms with E-state index in [0.717, 1.165) is 5.57 Å². The van der Waals surface area contributed by atoms with Gasteiger partial charge in [-0.05, 0) is 73.2 Å². The Kier molecular flexibility index (Phi) is 7.71. The Hall–Kier alpha value is -5.89. The number of phenolic OH excluding ortho intramolecular Hbond substituents is 1. The summed E-state index contributed by atoms with van der Waals surface area (Å²) in [5.74, 6) is -4.61. The van der Waals surface area contributed by atoms with E-state index in [9.17, 15) is 19.5 Å². The number of ether oxygens (including phenoxy) is 1. The van der Waals surface area contributed by atoms with Crippen LogP contribution >= 0.6 is 0 Å². The van der Waals surface area contributed by atoms with E-state index in [0.29, 0.717) is 39.3 Å². The third-order valence-electron chi connectivity index (χ3n) is 11.4. The molecular weight excluding hydrogens is 642 g/mol. The van der Waals surface area contributed by atoms with E-state index in [4.69, 9.17) is 4.74 Å². The predicted octanol–water partition coefficient (Wildman–Crippen LogP) is 6.63. The zero-order valence-corrected chi connectivity index (χ0v) is 28.1. The molecule has 0 spiro atoms. The van der Waals surface area contributed by atoms with Gasteiger partial charge in [0.15, 0.2) is 17.3 Å². The van der Waals surface area contributed by atoms with Crippen LogP contribution in [0.25, 0.3) is 5.57 Å². The molecule has 8 nitrogen and oxygen atoms in total. The van der Waals surface area contributed by atoms with Crippen molar-refractivity contribution in [3.63, 3.8) is 0 Å². The summed E-state index contributed by atoms with van der Waals surface area (Å²) in [4.78, 5) is 72.0. The number of imide groups is 1. The van der Waals surface area contributed by atoms with Gasteiger partial charge in [0.2, 0.25) is 11.8 Å². The molecule has 0 aromatic heterocycles. The molecular formula is C43H35NO7. The first kappa shape index (κ1) is 32.3. The molecule has 4 aromatic carbocycles. The summed E-state index contributed by atoms with van der Waals surface area (Å²) in [6.07, 6.45) is 3.90. The number of ketones is 3. The average molecular weight is 678 g/mol. The normalized spacial score (nSPS) is 26.9. The number of carbonyl (C=O) groups excluding carboxylic acids is 5. The fraction of sp³-hybridized carbons (Fsp3) is 0.233. The lowest BCUT2D eigenvalue weighted by molar-refractivity contribution is -0.135. The second-order valence-corrected chi connectivity index (χ2v) is 13.8. The zero-order chi connectivity index (χ0) is 35.6. The molecule has 0 bridgehead atoms. The summed E-state index contributed by atoms with van der Waals surface area (Å²) in [6, 6.07) is 29.7. The number of methoxy groups -OCH3 is 1. The minimum atomic E-state index is -1.41. The van der Waals surface area contributed by atoms with Gasteiger partial charge in [-0.3, -0.25) is 28.9 Å². The van der Waals surface area contributed by atoms with Gasteiger partial charge in [0.1, 0.15) is 11.5 Å². The fourth-order valence-electron chi connectivity index (χ4n) is 9.26. The van der Waals surface area contributed by atoms with Crippen LogP contribution in [0.15, 0.2) is 121 Å². The Labute approximate surface area is 295 Å². The highest BCUT2D eigenvalue weighted by atomic mass is 16.5. The Morgan fingerprint density at radius 3 is 2.20 bits per heavy atom. The molecule has 8 heteroatoms. The van der Waals surface area contributed by atoms with E-state index in [1.165, 1.54) is 31.1 Å². The predicted molar refractivity (Wildman–Crippen MR) is 190 cm³/mol. The van der Waals surface area contributed by atoms with Crippen LogP contribution < -0.4 is 9.64 Å². The van der Waals surface area contributed by atoms with Crippen molar-refractivity contribution in [1.82, 2.24) is 0 Å². The van der Waals surface area contributed by atoms with Crippen LogP contribution in [0.3, 0.4) is 0 Å². The van der Waals surface area contributed by atoms with Crippen LogP contribution in [0.4, 0.5) is 5.69 Å². The van der Waals surface area contributed by atoms with E-state index in [1.54, 1.807) is 36.4 Å². The quantitative estimate of drug-likeness (QED) is 0.138. The summed E-state index contributed by atoms with van der Waals surface area (Å²) >= 11 is 0. The van der Waals surface area contributed by atoms with E-state index >= 15 is 9.59 Å². The molecule has 4 aromatic rings. The van der Waals surface area contributed by atoms with E-state index in [2.05, 4.69) is 0 Å². The summed E-state index contributed by atoms with van der Waals surface area (Å²) in [6.45, 7) is 1.46. The first-order chi connectivity index (χ1) is 24.7. The molecule has 6 unspecified atom stereocenters. The fourth-order valence-corrected chi connectivity index (χ4v) is 9.26. The lowest BCUT2D eigenvalue weighted by atomic mass is 9.44. The van der Waals surface area contributed by atoms with Gasteiger partial charge >= 0.3 is 0 Å². The number of fused-ring (bicyclic) bond motifs is 4. The maximum atomic E-state index is 15.2. The average Bonchev–Trinajstić information content (AvgIpc) is 3.41. The first-order valence-electron chi connectivity index (χ1n) is 17.1. The van der Waals surface area contributed by atoms with Crippen LogP contribution in [0.1, 0.15) is 52.7 Å². The SMILES string of the molecule is COc1cc(O)ccc1C1C2=CCC3C(=O)N(c4ccc(C(C)=O)cc4)C(=O)C3C2CC2C(=O)C(c3ccccc3)=CC(=O)C21c1ccccc1. The lowest BCUT2D eigenvalue weighted by Crippen LogP contribution is -2.58. The number of anilines is 1. The van der Waals surface area contributed by atoms with Crippen LogP contribution in [0.5, 0.6) is 11.5 Å². The number of amides is 2. The van der Waals surface area contributed by atoms with Crippen LogP contribution in [0.2, 0.25) is 0 Å². The maximum absolute atomic E-state index is 15.2. The standard InChI is InChI=1S/C43H35NO7/c1-24(45)25-13-15-28(16-14-25)44-41(49)32-20-19-30-34(38(32)42(44)50)22-35-40(48)33(26-9-5-3-6-10-26)23-37(47)43(35,27-11-7-4-8-12-27)39(30)31-18-17-29(46)21-36(31)51-2/h3-19,21,23,32,34-35,38-39,46H,20,22H2,1-2H3. The van der Waals surface area contributed by atoms with Crippen molar-refractivity contribution in [3.8, 4) is 11.5 Å². The third-order valence-corrected chi connectivity index (χ3v) is 11.4. The van der Waals surface area contributed by atoms with Crippen molar-refractivity contribution in [3.05, 3.63) is 143 Å². The van der Waals surface area contributed by atoms with Gasteiger partial charge in [-0.15, -0.1) is 0 Å². The lowest BCUT2D eigenvalue weighted by Gasteiger charge is -2.55. The number of allylic oxidation sites excluding steroid dienone is 4. The number of aromatic hydroxyl groups is 1.